The average molecular weight is 212 g/mol. The van der Waals surface area contributed by atoms with E-state index in [1.807, 2.05) is 0 Å². The smallest absolute Gasteiger partial charge is 0.170 e. The Kier molecular flexibility index (Phi) is 5.49. The van der Waals surface area contributed by atoms with E-state index in [1.165, 1.54) is 25.7 Å². The van der Waals surface area contributed by atoms with Gasteiger partial charge in [0.15, 0.2) is 9.04 Å². The zero-order valence-corrected chi connectivity index (χ0v) is 11.0. The second kappa shape index (κ2) is 6.41. The quantitative estimate of drug-likeness (QED) is 0.501. The lowest BCUT2D eigenvalue weighted by Crippen LogP contribution is -2.17. The van der Waals surface area contributed by atoms with Gasteiger partial charge in [-0.25, -0.2) is 0 Å². The molecule has 1 aliphatic rings. The second-order valence-corrected chi connectivity index (χ2v) is 7.16. The standard InChI is InChI=1S/C12H24OSi/c1-11(9-10-13-14(2)3)12-7-5-4-6-8-12/h4-5,11-12,14H,6-10H2,1-3H3. The fourth-order valence-corrected chi connectivity index (χ4v) is 2.67. The zero-order chi connectivity index (χ0) is 10.4. The minimum Gasteiger partial charge on any atom is -0.421 e. The molecule has 0 aromatic carbocycles. The van der Waals surface area contributed by atoms with Crippen LogP contribution in [-0.2, 0) is 4.43 Å². The first-order valence-corrected chi connectivity index (χ1v) is 8.75. The third-order valence-electron chi connectivity index (χ3n) is 3.14. The van der Waals surface area contributed by atoms with Crippen molar-refractivity contribution in [1.82, 2.24) is 0 Å². The Bertz CT molecular complexity index is 177. The van der Waals surface area contributed by atoms with Crippen molar-refractivity contribution in [2.45, 2.75) is 45.7 Å². The summed E-state index contributed by atoms with van der Waals surface area (Å²) in [6, 6.07) is 0. The van der Waals surface area contributed by atoms with Crippen LogP contribution in [0.4, 0.5) is 0 Å². The van der Waals surface area contributed by atoms with Crippen molar-refractivity contribution in [2.24, 2.45) is 11.8 Å². The van der Waals surface area contributed by atoms with Crippen LogP contribution >= 0.6 is 0 Å². The first kappa shape index (κ1) is 12.0. The molecular weight excluding hydrogens is 188 g/mol. The fourth-order valence-electron chi connectivity index (χ4n) is 2.06. The van der Waals surface area contributed by atoms with Gasteiger partial charge in [-0.1, -0.05) is 19.1 Å². The molecule has 0 aliphatic heterocycles. The van der Waals surface area contributed by atoms with Gasteiger partial charge in [-0.2, -0.15) is 0 Å². The van der Waals surface area contributed by atoms with Crippen LogP contribution in [0.1, 0.15) is 32.6 Å². The van der Waals surface area contributed by atoms with Crippen molar-refractivity contribution in [3.8, 4) is 0 Å². The molecule has 1 aliphatic carbocycles. The molecule has 2 atom stereocenters. The molecule has 0 fully saturated rings. The van der Waals surface area contributed by atoms with Crippen molar-refractivity contribution >= 4 is 9.04 Å². The molecule has 0 saturated carbocycles. The van der Waals surface area contributed by atoms with Crippen LogP contribution < -0.4 is 0 Å². The zero-order valence-electron chi connectivity index (χ0n) is 9.83. The van der Waals surface area contributed by atoms with E-state index in [9.17, 15) is 0 Å². The summed E-state index contributed by atoms with van der Waals surface area (Å²) in [5, 5.41) is 0. The van der Waals surface area contributed by atoms with Crippen LogP contribution in [0.3, 0.4) is 0 Å². The van der Waals surface area contributed by atoms with Gasteiger partial charge in [0.2, 0.25) is 0 Å². The maximum Gasteiger partial charge on any atom is 0.170 e. The normalized spacial score (nSPS) is 24.1. The molecule has 0 heterocycles. The number of hydrogen-bond donors (Lipinski definition) is 0. The van der Waals surface area contributed by atoms with Crippen molar-refractivity contribution in [1.29, 1.82) is 0 Å². The maximum absolute atomic E-state index is 5.72. The van der Waals surface area contributed by atoms with Crippen molar-refractivity contribution < 1.29 is 4.43 Å². The molecule has 82 valence electrons. The van der Waals surface area contributed by atoms with Crippen LogP contribution in [0.25, 0.3) is 0 Å². The summed E-state index contributed by atoms with van der Waals surface area (Å²) in [5.41, 5.74) is 0. The topological polar surface area (TPSA) is 9.23 Å². The van der Waals surface area contributed by atoms with E-state index in [2.05, 4.69) is 32.2 Å². The third kappa shape index (κ3) is 4.42. The Hall–Kier alpha value is -0.0831. The Labute approximate surface area is 90.3 Å². The largest absolute Gasteiger partial charge is 0.421 e. The van der Waals surface area contributed by atoms with Crippen molar-refractivity contribution in [3.05, 3.63) is 12.2 Å². The summed E-state index contributed by atoms with van der Waals surface area (Å²) in [4.78, 5) is 0. The highest BCUT2D eigenvalue weighted by Crippen LogP contribution is 2.27. The molecule has 1 rings (SSSR count). The number of allylic oxidation sites excluding steroid dienone is 2. The SMILES string of the molecule is CC(CCO[SiH](C)C)C1CC=CCC1. The lowest BCUT2D eigenvalue weighted by atomic mass is 9.82. The van der Waals surface area contributed by atoms with Crippen LogP contribution in [0, 0.1) is 11.8 Å². The minimum atomic E-state index is -0.786. The van der Waals surface area contributed by atoms with Gasteiger partial charge in [-0.3, -0.25) is 0 Å². The van der Waals surface area contributed by atoms with Crippen molar-refractivity contribution in [3.63, 3.8) is 0 Å². The summed E-state index contributed by atoms with van der Waals surface area (Å²) in [5.74, 6) is 1.75. The molecule has 0 bridgehead atoms. The molecule has 0 amide bonds. The van der Waals surface area contributed by atoms with Crippen molar-refractivity contribution in [2.75, 3.05) is 6.61 Å². The second-order valence-electron chi connectivity index (χ2n) is 4.73. The van der Waals surface area contributed by atoms with Gasteiger partial charge in [0.05, 0.1) is 0 Å². The molecule has 0 radical (unpaired) electrons. The van der Waals surface area contributed by atoms with E-state index in [0.29, 0.717) is 0 Å². The Morgan fingerprint density at radius 3 is 2.79 bits per heavy atom. The van der Waals surface area contributed by atoms with E-state index < -0.39 is 9.04 Å². The summed E-state index contributed by atoms with van der Waals surface area (Å²) >= 11 is 0. The van der Waals surface area contributed by atoms with E-state index in [-0.39, 0.29) is 0 Å². The summed E-state index contributed by atoms with van der Waals surface area (Å²) in [7, 11) is -0.786. The molecule has 0 aromatic rings. The first-order chi connectivity index (χ1) is 6.70. The lowest BCUT2D eigenvalue weighted by molar-refractivity contribution is 0.239. The molecule has 0 saturated heterocycles. The van der Waals surface area contributed by atoms with Gasteiger partial charge in [0.1, 0.15) is 0 Å². The summed E-state index contributed by atoms with van der Waals surface area (Å²) in [6.07, 6.45) is 9.89. The average Bonchev–Trinajstić information content (AvgIpc) is 2.18. The molecule has 1 nitrogen and oxygen atoms in total. The van der Waals surface area contributed by atoms with Crippen LogP contribution in [0.5, 0.6) is 0 Å². The van der Waals surface area contributed by atoms with Gasteiger partial charge in [-0.05, 0) is 50.6 Å². The summed E-state index contributed by atoms with van der Waals surface area (Å²) in [6.45, 7) is 7.86. The number of hydrogen-bond acceptors (Lipinski definition) is 1. The Balaban J connectivity index is 2.14. The highest BCUT2D eigenvalue weighted by Gasteiger charge is 2.17. The third-order valence-corrected chi connectivity index (χ3v) is 4.04. The Morgan fingerprint density at radius 1 is 1.43 bits per heavy atom. The van der Waals surface area contributed by atoms with Gasteiger partial charge in [0.25, 0.3) is 0 Å². The van der Waals surface area contributed by atoms with Crippen LogP contribution in [0.15, 0.2) is 12.2 Å². The highest BCUT2D eigenvalue weighted by atomic mass is 28.3. The van der Waals surface area contributed by atoms with Crippen LogP contribution in [0.2, 0.25) is 13.1 Å². The van der Waals surface area contributed by atoms with E-state index >= 15 is 0 Å². The maximum atomic E-state index is 5.72. The monoisotopic (exact) mass is 212 g/mol. The van der Waals surface area contributed by atoms with Gasteiger partial charge < -0.3 is 4.43 Å². The van der Waals surface area contributed by atoms with E-state index in [4.69, 9.17) is 4.43 Å². The molecule has 0 aromatic heterocycles. The molecular formula is C12H24OSi. The van der Waals surface area contributed by atoms with Gasteiger partial charge in [-0.15, -0.1) is 0 Å². The van der Waals surface area contributed by atoms with E-state index in [0.717, 1.165) is 18.4 Å². The van der Waals surface area contributed by atoms with Gasteiger partial charge >= 0.3 is 0 Å². The lowest BCUT2D eigenvalue weighted by Gasteiger charge is -2.25. The minimum absolute atomic E-state index is 0.786. The van der Waals surface area contributed by atoms with Crippen LogP contribution in [-0.4, -0.2) is 15.6 Å². The molecule has 0 N–H and O–H groups in total. The predicted octanol–water partition coefficient (Wildman–Crippen LogP) is 3.37. The van der Waals surface area contributed by atoms with Gasteiger partial charge in [0, 0.05) is 6.61 Å². The molecule has 2 unspecified atom stereocenters. The predicted molar refractivity (Wildman–Crippen MR) is 65.1 cm³/mol. The fraction of sp³-hybridized carbons (Fsp3) is 0.833. The first-order valence-electron chi connectivity index (χ1n) is 5.96. The van der Waals surface area contributed by atoms with E-state index in [1.54, 1.807) is 0 Å². The molecule has 14 heavy (non-hydrogen) atoms. The summed E-state index contributed by atoms with van der Waals surface area (Å²) < 4.78 is 5.72. The molecule has 0 spiro atoms. The number of rotatable bonds is 5. The highest BCUT2D eigenvalue weighted by molar-refractivity contribution is 6.48. The molecule has 2 heteroatoms. The Morgan fingerprint density at radius 2 is 2.21 bits per heavy atom.